The molecule has 0 aliphatic carbocycles. The zero-order chi connectivity index (χ0) is 56.1. The first-order valence-corrected chi connectivity index (χ1v) is 28.9. The van der Waals surface area contributed by atoms with Gasteiger partial charge in [-0.1, -0.05) is 194 Å². The number of rotatable bonds is 12. The van der Waals surface area contributed by atoms with Gasteiger partial charge in [0.25, 0.3) is 0 Å². The Labute approximate surface area is 490 Å². The molecular weight excluding hydrogens is 1020 g/mol. The van der Waals surface area contributed by atoms with Crippen LogP contribution in [0.3, 0.4) is 0 Å². The van der Waals surface area contributed by atoms with Gasteiger partial charge >= 0.3 is 0 Å². The van der Waals surface area contributed by atoms with E-state index in [0.29, 0.717) is 0 Å². The molecule has 0 fully saturated rings. The number of aromatic nitrogens is 2. The van der Waals surface area contributed by atoms with Crippen LogP contribution in [0, 0.1) is 13.8 Å². The minimum Gasteiger partial charge on any atom is -0.310 e. The third kappa shape index (κ3) is 9.17. The number of hydrogen-bond acceptors (Lipinski definition) is 2. The van der Waals surface area contributed by atoms with E-state index < -0.39 is 0 Å². The van der Waals surface area contributed by atoms with Gasteiger partial charge in [0.15, 0.2) is 0 Å². The van der Waals surface area contributed by atoms with Crippen molar-refractivity contribution in [3.63, 3.8) is 0 Å². The lowest BCUT2D eigenvalue weighted by atomic mass is 9.97. The summed E-state index contributed by atoms with van der Waals surface area (Å²) in [6, 6.07) is 115. The summed E-state index contributed by atoms with van der Waals surface area (Å²) in [6.45, 7) is 4.31. The van der Waals surface area contributed by atoms with E-state index in [0.717, 1.165) is 89.8 Å². The molecule has 15 aromatic rings. The number of hydrogen-bond donors (Lipinski definition) is 0. The van der Waals surface area contributed by atoms with E-state index in [1.54, 1.807) is 0 Å². The maximum atomic E-state index is 2.46. The molecule has 4 nitrogen and oxygen atoms in total. The smallest absolute Gasteiger partial charge is 0.0542 e. The van der Waals surface area contributed by atoms with Crippen LogP contribution in [0.25, 0.3) is 99.5 Å². The molecule has 4 heteroatoms. The number of para-hydroxylation sites is 2. The Kier molecular flexibility index (Phi) is 12.6. The summed E-state index contributed by atoms with van der Waals surface area (Å²) >= 11 is 0. The highest BCUT2D eigenvalue weighted by atomic mass is 15.1. The molecule has 0 bridgehead atoms. The summed E-state index contributed by atoms with van der Waals surface area (Å²) in [6.07, 6.45) is 0. The lowest BCUT2D eigenvalue weighted by molar-refractivity contribution is 1.13. The first-order valence-electron chi connectivity index (χ1n) is 28.9. The van der Waals surface area contributed by atoms with Crippen molar-refractivity contribution in [2.75, 3.05) is 9.80 Å². The molecule has 84 heavy (non-hydrogen) atoms. The Morgan fingerprint density at radius 3 is 0.976 bits per heavy atom. The third-order valence-corrected chi connectivity index (χ3v) is 16.6. The zero-order valence-corrected chi connectivity index (χ0v) is 46.8. The van der Waals surface area contributed by atoms with Crippen molar-refractivity contribution in [3.8, 4) is 56.1 Å². The minimum absolute atomic E-state index is 1.08. The van der Waals surface area contributed by atoms with Crippen molar-refractivity contribution < 1.29 is 0 Å². The molecule has 0 atom stereocenters. The Morgan fingerprint density at radius 2 is 0.571 bits per heavy atom. The maximum absolute atomic E-state index is 2.46. The van der Waals surface area contributed by atoms with Crippen LogP contribution in [0.2, 0.25) is 0 Å². The van der Waals surface area contributed by atoms with Crippen LogP contribution in [-0.4, -0.2) is 9.13 Å². The molecule has 0 spiro atoms. The highest BCUT2D eigenvalue weighted by Gasteiger charge is 2.22. The first kappa shape index (κ1) is 50.1. The second-order valence-corrected chi connectivity index (χ2v) is 22.0. The molecule has 0 N–H and O–H groups in total. The Bertz CT molecular complexity index is 4560. The van der Waals surface area contributed by atoms with Crippen LogP contribution < -0.4 is 9.80 Å². The molecular formula is C80H58N4. The van der Waals surface area contributed by atoms with Gasteiger partial charge in [-0.3, -0.25) is 0 Å². The van der Waals surface area contributed by atoms with Gasteiger partial charge in [0.2, 0.25) is 0 Å². The van der Waals surface area contributed by atoms with Gasteiger partial charge in [-0.15, -0.1) is 0 Å². The molecule has 398 valence electrons. The number of fused-ring (bicyclic) bond motifs is 4. The largest absolute Gasteiger partial charge is 0.310 e. The zero-order valence-electron chi connectivity index (χ0n) is 46.8. The molecule has 0 unspecified atom stereocenters. The van der Waals surface area contributed by atoms with E-state index in [2.05, 4.69) is 348 Å². The average Bonchev–Trinajstić information content (AvgIpc) is 2.39. The van der Waals surface area contributed by atoms with Crippen LogP contribution in [-0.2, 0) is 0 Å². The summed E-state index contributed by atoms with van der Waals surface area (Å²) in [7, 11) is 0. The van der Waals surface area contributed by atoms with E-state index in [1.165, 1.54) is 54.9 Å². The molecule has 0 saturated carbocycles. The molecule has 13 aromatic carbocycles. The highest BCUT2D eigenvalue weighted by molar-refractivity contribution is 6.03. The number of benzene rings is 13. The van der Waals surface area contributed by atoms with Gasteiger partial charge in [0.05, 0.1) is 22.4 Å². The monoisotopic (exact) mass is 1070 g/mol. The molecule has 0 saturated heterocycles. The summed E-state index contributed by atoms with van der Waals surface area (Å²) in [5.41, 5.74) is 22.8. The fraction of sp³-hybridized carbons (Fsp3) is 0.0250. The highest BCUT2D eigenvalue weighted by Crippen LogP contribution is 2.43. The van der Waals surface area contributed by atoms with Gasteiger partial charge in [0, 0.05) is 56.3 Å². The molecule has 0 radical (unpaired) electrons. The lowest BCUT2D eigenvalue weighted by Gasteiger charge is -2.26. The van der Waals surface area contributed by atoms with E-state index in [9.17, 15) is 0 Å². The van der Waals surface area contributed by atoms with Gasteiger partial charge in [-0.05, 0) is 201 Å². The molecule has 0 amide bonds. The molecule has 2 aromatic heterocycles. The van der Waals surface area contributed by atoms with E-state index in [-0.39, 0.29) is 0 Å². The number of nitrogens with zero attached hydrogens (tertiary/aromatic N) is 4. The van der Waals surface area contributed by atoms with Crippen molar-refractivity contribution in [2.45, 2.75) is 13.8 Å². The standard InChI is InChI=1S/C80H58N4/c1-55-17-13-27-71(49-55)81(65-23-5-3-6-24-65)67-41-45-69(46-42-67)83-77(61-37-33-59(34-38-61)75-31-15-21-57-19-9-11-29-73(57)75)51-63-54-80-64(53-79(63)83)52-78(62-39-35-60(36-40-62)76-32-16-22-58-20-10-12-30-74(58)76)84(80)70-47-43-68(44-48-70)82(66-25-7-4-8-26-66)72-28-14-18-56(2)50-72/h3-54H,1-2H3. The second kappa shape index (κ2) is 21.2. The van der Waals surface area contributed by atoms with E-state index in [1.807, 2.05) is 0 Å². The fourth-order valence-electron chi connectivity index (χ4n) is 12.6. The van der Waals surface area contributed by atoms with Crippen molar-refractivity contribution in [1.29, 1.82) is 0 Å². The number of anilines is 6. The van der Waals surface area contributed by atoms with Crippen molar-refractivity contribution in [2.24, 2.45) is 0 Å². The topological polar surface area (TPSA) is 16.3 Å². The van der Waals surface area contributed by atoms with Crippen LogP contribution in [0.15, 0.2) is 315 Å². The first-order chi connectivity index (χ1) is 41.5. The van der Waals surface area contributed by atoms with Crippen molar-refractivity contribution >= 4 is 77.5 Å². The van der Waals surface area contributed by atoms with Gasteiger partial charge in [-0.25, -0.2) is 0 Å². The van der Waals surface area contributed by atoms with Gasteiger partial charge in [-0.2, -0.15) is 0 Å². The Hall–Kier alpha value is -10.9. The lowest BCUT2D eigenvalue weighted by Crippen LogP contribution is -2.10. The molecule has 2 heterocycles. The summed E-state index contributed by atoms with van der Waals surface area (Å²) in [4.78, 5) is 4.68. The van der Waals surface area contributed by atoms with Crippen LogP contribution in [0.5, 0.6) is 0 Å². The third-order valence-electron chi connectivity index (χ3n) is 16.6. The SMILES string of the molecule is Cc1cccc(N(c2ccccc2)c2ccc(-n3c(-c4ccc(-c5cccc6ccccc56)cc4)cc4cc5c(cc(-c6ccc(-c7cccc8ccccc78)cc6)n5-c5ccc(N(c6ccccc6)c6cccc(C)c6)cc5)cc43)cc2)c1. The predicted octanol–water partition coefficient (Wildman–Crippen LogP) is 22.1. The fourth-order valence-corrected chi connectivity index (χ4v) is 12.6. The van der Waals surface area contributed by atoms with Gasteiger partial charge < -0.3 is 18.9 Å². The normalized spacial score (nSPS) is 11.5. The summed E-state index contributed by atoms with van der Waals surface area (Å²) < 4.78 is 4.92. The maximum Gasteiger partial charge on any atom is 0.0542 e. The van der Waals surface area contributed by atoms with Gasteiger partial charge in [0.1, 0.15) is 0 Å². The second-order valence-electron chi connectivity index (χ2n) is 22.0. The molecule has 15 rings (SSSR count). The van der Waals surface area contributed by atoms with Crippen LogP contribution in [0.1, 0.15) is 11.1 Å². The predicted molar refractivity (Wildman–Crippen MR) is 356 cm³/mol. The quantitative estimate of drug-likeness (QED) is 0.121. The van der Waals surface area contributed by atoms with E-state index >= 15 is 0 Å². The average molecular weight is 1080 g/mol. The molecule has 0 aliphatic heterocycles. The van der Waals surface area contributed by atoms with Crippen LogP contribution >= 0.6 is 0 Å². The van der Waals surface area contributed by atoms with Crippen LogP contribution in [0.4, 0.5) is 34.1 Å². The summed E-state index contributed by atoms with van der Waals surface area (Å²) in [5.74, 6) is 0. The Balaban J connectivity index is 0.909. The summed E-state index contributed by atoms with van der Waals surface area (Å²) in [5, 5.41) is 7.27. The van der Waals surface area contributed by atoms with Crippen molar-refractivity contribution in [1.82, 2.24) is 9.13 Å². The number of aryl methyl sites for hydroxylation is 2. The van der Waals surface area contributed by atoms with E-state index in [4.69, 9.17) is 0 Å². The Morgan fingerprint density at radius 1 is 0.238 bits per heavy atom. The molecule has 0 aliphatic rings. The van der Waals surface area contributed by atoms with Crippen molar-refractivity contribution in [3.05, 3.63) is 327 Å². The minimum atomic E-state index is 1.08.